The molecule has 1 aliphatic heterocycles. The summed E-state index contributed by atoms with van der Waals surface area (Å²) in [5.74, 6) is -0.176. The maximum Gasteiger partial charge on any atom is 0.253 e. The molecule has 0 bridgehead atoms. The van der Waals surface area contributed by atoms with E-state index in [9.17, 15) is 13.2 Å². The van der Waals surface area contributed by atoms with Gasteiger partial charge >= 0.3 is 0 Å². The average Bonchev–Trinajstić information content (AvgIpc) is 2.76. The normalized spacial score (nSPS) is 17.0. The number of sulfonamides is 1. The lowest BCUT2D eigenvalue weighted by atomic mass is 10.1. The van der Waals surface area contributed by atoms with Crippen molar-refractivity contribution in [3.05, 3.63) is 29.3 Å². The van der Waals surface area contributed by atoms with Crippen LogP contribution in [0.2, 0.25) is 0 Å². The zero-order valence-corrected chi connectivity index (χ0v) is 14.3. The van der Waals surface area contributed by atoms with E-state index >= 15 is 0 Å². The average molecular weight is 324 g/mol. The van der Waals surface area contributed by atoms with Crippen molar-refractivity contribution < 1.29 is 13.2 Å². The van der Waals surface area contributed by atoms with Crippen LogP contribution >= 0.6 is 0 Å². The second kappa shape index (κ2) is 6.79. The van der Waals surface area contributed by atoms with Gasteiger partial charge in [-0.05, 0) is 37.5 Å². The minimum absolute atomic E-state index is 0.176. The number of rotatable bonds is 3. The van der Waals surface area contributed by atoms with Crippen LogP contribution < -0.4 is 0 Å². The van der Waals surface area contributed by atoms with Crippen LogP contribution in [0.1, 0.15) is 41.6 Å². The van der Waals surface area contributed by atoms with Crippen LogP contribution in [0.25, 0.3) is 0 Å². The highest BCUT2D eigenvalue weighted by atomic mass is 32.2. The number of carbonyl (C=O) groups excluding carboxylic acids is 1. The van der Waals surface area contributed by atoms with E-state index in [1.807, 2.05) is 6.92 Å². The van der Waals surface area contributed by atoms with Gasteiger partial charge in [0.05, 0.1) is 4.90 Å². The Morgan fingerprint density at radius 3 is 2.23 bits per heavy atom. The standard InChI is InChI=1S/C16H24N2O3S/c1-13-8-9-14(12-15(13)16(19)17(2)3)22(20,21)18-10-6-4-5-7-11-18/h8-9,12H,4-7,10-11H2,1-3H3. The Morgan fingerprint density at radius 1 is 1.09 bits per heavy atom. The van der Waals surface area contributed by atoms with E-state index in [0.29, 0.717) is 18.7 Å². The van der Waals surface area contributed by atoms with Crippen molar-refractivity contribution in [2.24, 2.45) is 0 Å². The van der Waals surface area contributed by atoms with Crippen LogP contribution in [0.3, 0.4) is 0 Å². The van der Waals surface area contributed by atoms with Gasteiger partial charge in [-0.25, -0.2) is 8.42 Å². The van der Waals surface area contributed by atoms with Crippen LogP contribution in [0.15, 0.2) is 23.1 Å². The Kier molecular flexibility index (Phi) is 5.24. The summed E-state index contributed by atoms with van der Waals surface area (Å²) >= 11 is 0. The van der Waals surface area contributed by atoms with E-state index in [1.165, 1.54) is 11.0 Å². The number of amides is 1. The van der Waals surface area contributed by atoms with E-state index in [4.69, 9.17) is 0 Å². The summed E-state index contributed by atoms with van der Waals surface area (Å²) in [6, 6.07) is 4.82. The molecule has 0 N–H and O–H groups in total. The lowest BCUT2D eigenvalue weighted by Crippen LogP contribution is -2.32. The van der Waals surface area contributed by atoms with Gasteiger partial charge in [-0.3, -0.25) is 4.79 Å². The molecule has 1 aliphatic rings. The zero-order chi connectivity index (χ0) is 16.3. The van der Waals surface area contributed by atoms with Crippen molar-refractivity contribution in [2.45, 2.75) is 37.5 Å². The molecular formula is C16H24N2O3S. The summed E-state index contributed by atoms with van der Waals surface area (Å²) in [5.41, 5.74) is 1.23. The third-order valence-corrected chi connectivity index (χ3v) is 5.94. The van der Waals surface area contributed by atoms with Gasteiger partial charge in [-0.15, -0.1) is 0 Å². The molecule has 0 unspecified atom stereocenters. The fraction of sp³-hybridized carbons (Fsp3) is 0.562. The number of carbonyl (C=O) groups is 1. The predicted molar refractivity (Wildman–Crippen MR) is 86.4 cm³/mol. The SMILES string of the molecule is Cc1ccc(S(=O)(=O)N2CCCCCC2)cc1C(=O)N(C)C. The summed E-state index contributed by atoms with van der Waals surface area (Å²) in [5, 5.41) is 0. The number of nitrogens with zero attached hydrogens (tertiary/aromatic N) is 2. The molecule has 1 heterocycles. The highest BCUT2D eigenvalue weighted by Crippen LogP contribution is 2.23. The molecule has 1 fully saturated rings. The van der Waals surface area contributed by atoms with E-state index in [1.54, 1.807) is 30.5 Å². The van der Waals surface area contributed by atoms with Crippen LogP contribution in [0.4, 0.5) is 0 Å². The van der Waals surface area contributed by atoms with Gasteiger partial charge in [0.15, 0.2) is 0 Å². The fourth-order valence-electron chi connectivity index (χ4n) is 2.66. The minimum atomic E-state index is -3.52. The quantitative estimate of drug-likeness (QED) is 0.857. The molecule has 0 atom stereocenters. The molecule has 0 aromatic heterocycles. The van der Waals surface area contributed by atoms with E-state index < -0.39 is 10.0 Å². The van der Waals surface area contributed by atoms with Crippen molar-refractivity contribution in [3.8, 4) is 0 Å². The smallest absolute Gasteiger partial charge is 0.253 e. The van der Waals surface area contributed by atoms with Crippen molar-refractivity contribution in [1.29, 1.82) is 0 Å². The van der Waals surface area contributed by atoms with Gasteiger partial charge in [0.25, 0.3) is 5.91 Å². The first kappa shape index (κ1) is 17.0. The number of hydrogen-bond acceptors (Lipinski definition) is 3. The Morgan fingerprint density at radius 2 is 1.68 bits per heavy atom. The molecule has 0 aliphatic carbocycles. The maximum atomic E-state index is 12.8. The van der Waals surface area contributed by atoms with Crippen molar-refractivity contribution >= 4 is 15.9 Å². The summed E-state index contributed by atoms with van der Waals surface area (Å²) in [7, 11) is -0.192. The summed E-state index contributed by atoms with van der Waals surface area (Å²) in [6.07, 6.45) is 3.94. The molecule has 0 saturated carbocycles. The summed E-state index contributed by atoms with van der Waals surface area (Å²) < 4.78 is 27.1. The van der Waals surface area contributed by atoms with Crippen molar-refractivity contribution in [2.75, 3.05) is 27.2 Å². The van der Waals surface area contributed by atoms with Crippen molar-refractivity contribution in [1.82, 2.24) is 9.21 Å². The molecule has 1 aromatic rings. The molecule has 22 heavy (non-hydrogen) atoms. The predicted octanol–water partition coefficient (Wildman–Crippen LogP) is 2.26. The molecule has 0 radical (unpaired) electrons. The highest BCUT2D eigenvalue weighted by Gasteiger charge is 2.26. The second-order valence-corrected chi connectivity index (χ2v) is 7.93. The van der Waals surface area contributed by atoms with Gasteiger partial charge in [0, 0.05) is 32.7 Å². The molecule has 2 rings (SSSR count). The lowest BCUT2D eigenvalue weighted by molar-refractivity contribution is 0.0826. The number of aryl methyl sites for hydroxylation is 1. The molecule has 0 spiro atoms. The van der Waals surface area contributed by atoms with Gasteiger partial charge in [-0.2, -0.15) is 4.31 Å². The van der Waals surface area contributed by atoms with Crippen LogP contribution in [-0.2, 0) is 10.0 Å². The molecule has 5 nitrogen and oxygen atoms in total. The van der Waals surface area contributed by atoms with Crippen LogP contribution in [0, 0.1) is 6.92 Å². The first-order valence-electron chi connectivity index (χ1n) is 7.66. The number of hydrogen-bond donors (Lipinski definition) is 0. The van der Waals surface area contributed by atoms with E-state index in [2.05, 4.69) is 0 Å². The Labute approximate surface area is 133 Å². The first-order valence-corrected chi connectivity index (χ1v) is 9.10. The number of benzene rings is 1. The molecular weight excluding hydrogens is 300 g/mol. The Bertz CT molecular complexity index is 645. The van der Waals surface area contributed by atoms with E-state index in [-0.39, 0.29) is 10.8 Å². The van der Waals surface area contributed by atoms with Crippen LogP contribution in [0.5, 0.6) is 0 Å². The fourth-order valence-corrected chi connectivity index (χ4v) is 4.21. The molecule has 1 amide bonds. The zero-order valence-electron chi connectivity index (χ0n) is 13.5. The van der Waals surface area contributed by atoms with Gasteiger partial charge < -0.3 is 4.90 Å². The summed E-state index contributed by atoms with van der Waals surface area (Å²) in [6.45, 7) is 2.94. The van der Waals surface area contributed by atoms with Crippen molar-refractivity contribution in [3.63, 3.8) is 0 Å². The minimum Gasteiger partial charge on any atom is -0.345 e. The van der Waals surface area contributed by atoms with Gasteiger partial charge in [0.2, 0.25) is 10.0 Å². The van der Waals surface area contributed by atoms with Gasteiger partial charge in [-0.1, -0.05) is 18.9 Å². The van der Waals surface area contributed by atoms with E-state index in [0.717, 1.165) is 31.2 Å². The summed E-state index contributed by atoms with van der Waals surface area (Å²) in [4.78, 5) is 13.9. The highest BCUT2D eigenvalue weighted by molar-refractivity contribution is 7.89. The topological polar surface area (TPSA) is 57.7 Å². The Balaban J connectivity index is 2.39. The largest absolute Gasteiger partial charge is 0.345 e. The maximum absolute atomic E-state index is 12.8. The molecule has 1 saturated heterocycles. The van der Waals surface area contributed by atoms with Crippen LogP contribution in [-0.4, -0.2) is 50.7 Å². The second-order valence-electron chi connectivity index (χ2n) is 5.99. The Hall–Kier alpha value is -1.40. The van der Waals surface area contributed by atoms with Gasteiger partial charge in [0.1, 0.15) is 0 Å². The molecule has 1 aromatic carbocycles. The third-order valence-electron chi connectivity index (χ3n) is 4.05. The first-order chi connectivity index (χ1) is 10.3. The third kappa shape index (κ3) is 3.50. The monoisotopic (exact) mass is 324 g/mol. The molecule has 122 valence electrons. The molecule has 6 heteroatoms. The lowest BCUT2D eigenvalue weighted by Gasteiger charge is -2.21.